The van der Waals surface area contributed by atoms with Crippen LogP contribution in [0.15, 0.2) is 0 Å². The minimum absolute atomic E-state index is 0.152. The molecule has 0 aromatic carbocycles. The zero-order valence-corrected chi connectivity index (χ0v) is 12.7. The van der Waals surface area contributed by atoms with Crippen LogP contribution in [-0.2, 0) is 9.47 Å². The van der Waals surface area contributed by atoms with Gasteiger partial charge >= 0.3 is 0 Å². The van der Waals surface area contributed by atoms with Crippen molar-refractivity contribution in [3.8, 4) is 0 Å². The Labute approximate surface area is 117 Å². The molecular formula is C15H30N2O2. The van der Waals surface area contributed by atoms with Gasteiger partial charge in [0, 0.05) is 26.3 Å². The summed E-state index contributed by atoms with van der Waals surface area (Å²) in [5.74, 6) is 0.775. The average molecular weight is 270 g/mol. The highest BCUT2D eigenvalue weighted by Gasteiger charge is 2.35. The van der Waals surface area contributed by atoms with E-state index in [0.717, 1.165) is 5.92 Å². The Morgan fingerprint density at radius 1 is 1.05 bits per heavy atom. The van der Waals surface area contributed by atoms with E-state index >= 15 is 0 Å². The zero-order valence-electron chi connectivity index (χ0n) is 12.7. The van der Waals surface area contributed by atoms with Crippen molar-refractivity contribution in [2.24, 2.45) is 5.92 Å². The first-order valence-electron chi connectivity index (χ1n) is 7.81. The van der Waals surface area contributed by atoms with Crippen LogP contribution >= 0.6 is 0 Å². The number of methoxy groups -OCH3 is 2. The highest BCUT2D eigenvalue weighted by Crippen LogP contribution is 2.32. The largest absolute Gasteiger partial charge is 0.354 e. The summed E-state index contributed by atoms with van der Waals surface area (Å²) in [6, 6.07) is 1.56. The molecule has 4 atom stereocenters. The van der Waals surface area contributed by atoms with Crippen molar-refractivity contribution in [1.82, 2.24) is 10.6 Å². The van der Waals surface area contributed by atoms with Crippen molar-refractivity contribution in [1.29, 1.82) is 0 Å². The third kappa shape index (κ3) is 3.91. The van der Waals surface area contributed by atoms with E-state index in [2.05, 4.69) is 17.6 Å². The van der Waals surface area contributed by atoms with Crippen LogP contribution in [-0.4, -0.2) is 45.2 Å². The van der Waals surface area contributed by atoms with E-state index < -0.39 is 0 Å². The van der Waals surface area contributed by atoms with Gasteiger partial charge in [0.2, 0.25) is 0 Å². The fraction of sp³-hybridized carbons (Fsp3) is 1.00. The molecule has 1 saturated heterocycles. The predicted octanol–water partition coefficient (Wildman–Crippen LogP) is 1.89. The summed E-state index contributed by atoms with van der Waals surface area (Å²) in [7, 11) is 3.42. The Morgan fingerprint density at radius 2 is 1.84 bits per heavy atom. The standard InChI is InChI=1S/C15H30N2O2/c1-11(15(18-2)19-3)17-14-9-6-7-12(14)13-8-4-5-10-16-13/h11-17H,4-10H2,1-3H3. The van der Waals surface area contributed by atoms with Gasteiger partial charge < -0.3 is 20.1 Å². The maximum absolute atomic E-state index is 5.35. The number of hydrogen-bond acceptors (Lipinski definition) is 4. The first-order chi connectivity index (χ1) is 9.26. The van der Waals surface area contributed by atoms with Gasteiger partial charge in [-0.25, -0.2) is 0 Å². The van der Waals surface area contributed by atoms with E-state index in [1.165, 1.54) is 45.1 Å². The van der Waals surface area contributed by atoms with Gasteiger partial charge in [-0.3, -0.25) is 0 Å². The molecule has 0 bridgehead atoms. The van der Waals surface area contributed by atoms with Gasteiger partial charge in [0.25, 0.3) is 0 Å². The Kier molecular flexibility index (Phi) is 6.07. The van der Waals surface area contributed by atoms with E-state index in [-0.39, 0.29) is 12.3 Å². The van der Waals surface area contributed by atoms with Crippen molar-refractivity contribution in [3.05, 3.63) is 0 Å². The maximum atomic E-state index is 5.35. The first kappa shape index (κ1) is 15.2. The quantitative estimate of drug-likeness (QED) is 0.723. The molecule has 4 heteroatoms. The molecule has 1 heterocycles. The average Bonchev–Trinajstić information content (AvgIpc) is 2.89. The summed E-state index contributed by atoms with van der Waals surface area (Å²) in [5, 5.41) is 7.46. The third-order valence-corrected chi connectivity index (χ3v) is 4.78. The summed E-state index contributed by atoms with van der Waals surface area (Å²) in [5.41, 5.74) is 0. The molecule has 4 unspecified atom stereocenters. The lowest BCUT2D eigenvalue weighted by Crippen LogP contribution is -2.51. The van der Waals surface area contributed by atoms with Gasteiger partial charge in [-0.1, -0.05) is 12.8 Å². The van der Waals surface area contributed by atoms with Crippen LogP contribution in [0.25, 0.3) is 0 Å². The normalized spacial score (nSPS) is 33.8. The monoisotopic (exact) mass is 270 g/mol. The van der Waals surface area contributed by atoms with Gasteiger partial charge in [-0.05, 0) is 45.1 Å². The number of nitrogens with one attached hydrogen (secondary N) is 2. The van der Waals surface area contributed by atoms with Gasteiger partial charge in [0.15, 0.2) is 6.29 Å². The Bertz CT molecular complexity index is 253. The molecule has 2 N–H and O–H groups in total. The highest BCUT2D eigenvalue weighted by atomic mass is 16.7. The van der Waals surface area contributed by atoms with Crippen molar-refractivity contribution < 1.29 is 9.47 Å². The smallest absolute Gasteiger partial charge is 0.171 e. The number of ether oxygens (including phenoxy) is 2. The molecular weight excluding hydrogens is 240 g/mol. The summed E-state index contributed by atoms with van der Waals surface area (Å²) >= 11 is 0. The minimum atomic E-state index is -0.152. The summed E-state index contributed by atoms with van der Waals surface area (Å²) in [6.07, 6.45) is 7.90. The van der Waals surface area contributed by atoms with Crippen LogP contribution in [0.5, 0.6) is 0 Å². The first-order valence-corrected chi connectivity index (χ1v) is 7.81. The molecule has 0 spiro atoms. The topological polar surface area (TPSA) is 42.5 Å². The molecule has 0 amide bonds. The molecule has 0 aromatic rings. The molecule has 2 fully saturated rings. The van der Waals surface area contributed by atoms with Gasteiger partial charge in [0.05, 0.1) is 6.04 Å². The molecule has 0 radical (unpaired) electrons. The SMILES string of the molecule is COC(OC)C(C)NC1CCCC1C1CCCCN1. The highest BCUT2D eigenvalue weighted by molar-refractivity contribution is 4.93. The van der Waals surface area contributed by atoms with E-state index in [4.69, 9.17) is 9.47 Å². The second-order valence-corrected chi connectivity index (χ2v) is 6.05. The lowest BCUT2D eigenvalue weighted by molar-refractivity contribution is -0.121. The number of hydrogen-bond donors (Lipinski definition) is 2. The van der Waals surface area contributed by atoms with Crippen LogP contribution in [0, 0.1) is 5.92 Å². The Balaban J connectivity index is 1.87. The molecule has 2 rings (SSSR count). The molecule has 0 aromatic heterocycles. The van der Waals surface area contributed by atoms with E-state index in [1.54, 1.807) is 14.2 Å². The zero-order chi connectivity index (χ0) is 13.7. The lowest BCUT2D eigenvalue weighted by atomic mass is 9.88. The van der Waals surface area contributed by atoms with E-state index in [9.17, 15) is 0 Å². The molecule has 112 valence electrons. The van der Waals surface area contributed by atoms with Crippen LogP contribution < -0.4 is 10.6 Å². The fourth-order valence-electron chi connectivity index (χ4n) is 3.84. The second-order valence-electron chi connectivity index (χ2n) is 6.05. The van der Waals surface area contributed by atoms with Crippen LogP contribution in [0.2, 0.25) is 0 Å². The Hall–Kier alpha value is -0.160. The summed E-state index contributed by atoms with van der Waals surface area (Å²) < 4.78 is 10.7. The van der Waals surface area contributed by atoms with Crippen molar-refractivity contribution in [3.63, 3.8) is 0 Å². The summed E-state index contributed by atoms with van der Waals surface area (Å²) in [4.78, 5) is 0. The van der Waals surface area contributed by atoms with Gasteiger partial charge in [-0.2, -0.15) is 0 Å². The van der Waals surface area contributed by atoms with Crippen LogP contribution in [0.4, 0.5) is 0 Å². The van der Waals surface area contributed by atoms with Crippen LogP contribution in [0.1, 0.15) is 45.4 Å². The lowest BCUT2D eigenvalue weighted by Gasteiger charge is -2.35. The predicted molar refractivity (Wildman–Crippen MR) is 77.2 cm³/mol. The van der Waals surface area contributed by atoms with Gasteiger partial charge in [-0.15, -0.1) is 0 Å². The molecule has 19 heavy (non-hydrogen) atoms. The second kappa shape index (κ2) is 7.58. The van der Waals surface area contributed by atoms with E-state index in [0.29, 0.717) is 12.1 Å². The Morgan fingerprint density at radius 3 is 2.47 bits per heavy atom. The minimum Gasteiger partial charge on any atom is -0.354 e. The number of rotatable bonds is 6. The third-order valence-electron chi connectivity index (χ3n) is 4.78. The fourth-order valence-corrected chi connectivity index (χ4v) is 3.84. The van der Waals surface area contributed by atoms with Crippen molar-refractivity contribution >= 4 is 0 Å². The molecule has 1 aliphatic heterocycles. The van der Waals surface area contributed by atoms with Crippen molar-refractivity contribution in [2.45, 2.75) is 69.9 Å². The maximum Gasteiger partial charge on any atom is 0.171 e. The molecule has 4 nitrogen and oxygen atoms in total. The van der Waals surface area contributed by atoms with Crippen molar-refractivity contribution in [2.75, 3.05) is 20.8 Å². The number of piperidine rings is 1. The molecule has 2 aliphatic rings. The van der Waals surface area contributed by atoms with Crippen LogP contribution in [0.3, 0.4) is 0 Å². The van der Waals surface area contributed by atoms with E-state index in [1.807, 2.05) is 0 Å². The van der Waals surface area contributed by atoms with Gasteiger partial charge in [0.1, 0.15) is 0 Å². The molecule has 1 aliphatic carbocycles. The summed E-state index contributed by atoms with van der Waals surface area (Å²) in [6.45, 7) is 3.35. The molecule has 1 saturated carbocycles.